The van der Waals surface area contributed by atoms with E-state index in [2.05, 4.69) is 28.3 Å². The lowest BCUT2D eigenvalue weighted by atomic mass is 10.1. The molecule has 25 heavy (non-hydrogen) atoms. The maximum Gasteiger partial charge on any atom is 0.234 e. The summed E-state index contributed by atoms with van der Waals surface area (Å²) < 4.78 is 0. The van der Waals surface area contributed by atoms with Crippen LogP contribution in [0.2, 0.25) is 0 Å². The van der Waals surface area contributed by atoms with Crippen molar-refractivity contribution in [1.82, 2.24) is 9.97 Å². The third-order valence-corrected chi connectivity index (χ3v) is 4.87. The zero-order valence-electron chi connectivity index (χ0n) is 14.4. The number of imidazole rings is 1. The van der Waals surface area contributed by atoms with Crippen molar-refractivity contribution >= 4 is 23.4 Å². The molecule has 5 heteroatoms. The number of aromatic nitrogens is 2. The summed E-state index contributed by atoms with van der Waals surface area (Å²) in [7, 11) is 0. The van der Waals surface area contributed by atoms with Crippen LogP contribution in [0.1, 0.15) is 18.1 Å². The molecule has 4 nitrogen and oxygen atoms in total. The van der Waals surface area contributed by atoms with Gasteiger partial charge in [-0.25, -0.2) is 4.98 Å². The van der Waals surface area contributed by atoms with Gasteiger partial charge in [0, 0.05) is 5.69 Å². The predicted octanol–water partition coefficient (Wildman–Crippen LogP) is 4.68. The number of carbonyl (C=O) groups excluding carboxylic acids is 1. The van der Waals surface area contributed by atoms with Crippen molar-refractivity contribution in [3.63, 3.8) is 0 Å². The van der Waals surface area contributed by atoms with Crippen molar-refractivity contribution in [2.24, 2.45) is 0 Å². The van der Waals surface area contributed by atoms with E-state index in [0.29, 0.717) is 5.75 Å². The molecule has 0 spiro atoms. The van der Waals surface area contributed by atoms with Gasteiger partial charge in [-0.3, -0.25) is 4.79 Å². The van der Waals surface area contributed by atoms with Crippen LogP contribution in [0.5, 0.6) is 0 Å². The molecule has 0 aliphatic carbocycles. The summed E-state index contributed by atoms with van der Waals surface area (Å²) in [6.45, 7) is 4.10. The van der Waals surface area contributed by atoms with E-state index in [0.717, 1.165) is 39.6 Å². The van der Waals surface area contributed by atoms with Gasteiger partial charge in [0.25, 0.3) is 0 Å². The molecule has 0 atom stereocenters. The fourth-order valence-corrected chi connectivity index (χ4v) is 3.30. The third kappa shape index (κ3) is 4.31. The SMILES string of the molecule is CCc1cccc(C)c1NC(=O)CSc1ncc(-c2ccccc2)[nH]1. The van der Waals surface area contributed by atoms with Gasteiger partial charge in [-0.2, -0.15) is 0 Å². The summed E-state index contributed by atoms with van der Waals surface area (Å²) in [5, 5.41) is 3.78. The van der Waals surface area contributed by atoms with E-state index in [1.165, 1.54) is 11.8 Å². The fourth-order valence-electron chi connectivity index (χ4n) is 2.65. The number of carbonyl (C=O) groups is 1. The highest BCUT2D eigenvalue weighted by molar-refractivity contribution is 7.99. The molecule has 0 unspecified atom stereocenters. The molecule has 0 aliphatic heterocycles. The number of amides is 1. The first-order valence-electron chi connectivity index (χ1n) is 8.29. The summed E-state index contributed by atoms with van der Waals surface area (Å²) in [6, 6.07) is 16.1. The molecule has 3 aromatic rings. The second-order valence-electron chi connectivity index (χ2n) is 5.77. The number of hydrogen-bond donors (Lipinski definition) is 2. The number of nitrogens with one attached hydrogen (secondary N) is 2. The van der Waals surface area contributed by atoms with Crippen molar-refractivity contribution in [1.29, 1.82) is 0 Å². The minimum absolute atomic E-state index is 0.0216. The first kappa shape index (κ1) is 17.3. The Balaban J connectivity index is 1.61. The van der Waals surface area contributed by atoms with Crippen LogP contribution in [0.4, 0.5) is 5.69 Å². The lowest BCUT2D eigenvalue weighted by Gasteiger charge is -2.12. The third-order valence-electron chi connectivity index (χ3n) is 3.98. The van der Waals surface area contributed by atoms with Crippen LogP contribution >= 0.6 is 11.8 Å². The highest BCUT2D eigenvalue weighted by Gasteiger charge is 2.10. The summed E-state index contributed by atoms with van der Waals surface area (Å²) in [4.78, 5) is 19.9. The Morgan fingerprint density at radius 3 is 2.72 bits per heavy atom. The van der Waals surface area contributed by atoms with Crippen molar-refractivity contribution in [3.05, 3.63) is 65.9 Å². The number of thioether (sulfide) groups is 1. The van der Waals surface area contributed by atoms with E-state index in [9.17, 15) is 4.79 Å². The molecule has 1 heterocycles. The minimum Gasteiger partial charge on any atom is -0.333 e. The number of benzene rings is 2. The molecule has 128 valence electrons. The molecule has 0 aliphatic rings. The van der Waals surface area contributed by atoms with Crippen LogP contribution < -0.4 is 5.32 Å². The van der Waals surface area contributed by atoms with Crippen molar-refractivity contribution in [3.8, 4) is 11.3 Å². The molecular weight excluding hydrogens is 330 g/mol. The molecule has 1 aromatic heterocycles. The second-order valence-corrected chi connectivity index (χ2v) is 6.73. The van der Waals surface area contributed by atoms with Gasteiger partial charge in [0.1, 0.15) is 0 Å². The molecular formula is C20H21N3OS. The highest BCUT2D eigenvalue weighted by atomic mass is 32.2. The lowest BCUT2D eigenvalue weighted by molar-refractivity contribution is -0.113. The Morgan fingerprint density at radius 1 is 1.16 bits per heavy atom. The van der Waals surface area contributed by atoms with Gasteiger partial charge < -0.3 is 10.3 Å². The molecule has 0 radical (unpaired) electrons. The molecule has 2 N–H and O–H groups in total. The Hall–Kier alpha value is -2.53. The van der Waals surface area contributed by atoms with Crippen molar-refractivity contribution in [2.45, 2.75) is 25.4 Å². The molecule has 3 rings (SSSR count). The normalized spacial score (nSPS) is 10.6. The van der Waals surface area contributed by atoms with E-state index >= 15 is 0 Å². The molecule has 0 bridgehead atoms. The average molecular weight is 351 g/mol. The van der Waals surface area contributed by atoms with Crippen LogP contribution in [0.15, 0.2) is 59.9 Å². The molecule has 1 amide bonds. The number of aryl methyl sites for hydroxylation is 2. The summed E-state index contributed by atoms with van der Waals surface area (Å²) in [5.41, 5.74) is 5.21. The fraction of sp³-hybridized carbons (Fsp3) is 0.200. The molecule has 2 aromatic carbocycles. The van der Waals surface area contributed by atoms with E-state index in [1.807, 2.05) is 49.4 Å². The van der Waals surface area contributed by atoms with Crippen LogP contribution in [-0.2, 0) is 11.2 Å². The van der Waals surface area contributed by atoms with E-state index in [4.69, 9.17) is 0 Å². The van der Waals surface area contributed by atoms with Gasteiger partial charge in [0.2, 0.25) is 5.91 Å². The van der Waals surface area contributed by atoms with E-state index in [1.54, 1.807) is 6.20 Å². The van der Waals surface area contributed by atoms with Gasteiger partial charge in [0.05, 0.1) is 17.6 Å². The zero-order valence-corrected chi connectivity index (χ0v) is 15.2. The number of aromatic amines is 1. The summed E-state index contributed by atoms with van der Waals surface area (Å²) in [6.07, 6.45) is 2.69. The summed E-state index contributed by atoms with van der Waals surface area (Å²) >= 11 is 1.40. The van der Waals surface area contributed by atoms with Crippen LogP contribution in [-0.4, -0.2) is 21.6 Å². The molecule has 0 fully saturated rings. The Bertz CT molecular complexity index is 858. The maximum atomic E-state index is 12.3. The predicted molar refractivity (Wildman–Crippen MR) is 104 cm³/mol. The van der Waals surface area contributed by atoms with E-state index < -0.39 is 0 Å². The largest absolute Gasteiger partial charge is 0.333 e. The highest BCUT2D eigenvalue weighted by Crippen LogP contribution is 2.23. The van der Waals surface area contributed by atoms with Gasteiger partial charge in [-0.1, -0.05) is 67.2 Å². The van der Waals surface area contributed by atoms with Gasteiger partial charge in [-0.05, 0) is 30.0 Å². The average Bonchev–Trinajstić information content (AvgIpc) is 3.11. The quantitative estimate of drug-likeness (QED) is 0.634. The standard InChI is InChI=1S/C20H21N3OS/c1-3-15-11-7-8-14(2)19(15)23-18(24)13-25-20-21-12-17(22-20)16-9-5-4-6-10-16/h4-12H,3,13H2,1-2H3,(H,21,22)(H,23,24). The van der Waals surface area contributed by atoms with E-state index in [-0.39, 0.29) is 5.91 Å². The van der Waals surface area contributed by atoms with Crippen LogP contribution in [0.3, 0.4) is 0 Å². The monoisotopic (exact) mass is 351 g/mol. The smallest absolute Gasteiger partial charge is 0.234 e. The lowest BCUT2D eigenvalue weighted by Crippen LogP contribution is -2.16. The van der Waals surface area contributed by atoms with Gasteiger partial charge >= 0.3 is 0 Å². The number of hydrogen-bond acceptors (Lipinski definition) is 3. The Labute approximate surface area is 152 Å². The van der Waals surface area contributed by atoms with Gasteiger partial charge in [0.15, 0.2) is 5.16 Å². The number of nitrogens with zero attached hydrogens (tertiary/aromatic N) is 1. The number of rotatable bonds is 6. The second kappa shape index (κ2) is 8.03. The Morgan fingerprint density at radius 2 is 1.96 bits per heavy atom. The van der Waals surface area contributed by atoms with Crippen molar-refractivity contribution < 1.29 is 4.79 Å². The van der Waals surface area contributed by atoms with Gasteiger partial charge in [-0.15, -0.1) is 0 Å². The Kier molecular flexibility index (Phi) is 5.56. The number of H-pyrrole nitrogens is 1. The van der Waals surface area contributed by atoms with Crippen molar-refractivity contribution in [2.75, 3.05) is 11.1 Å². The number of anilines is 1. The zero-order chi connectivity index (χ0) is 17.6. The minimum atomic E-state index is -0.0216. The molecule has 0 saturated heterocycles. The topological polar surface area (TPSA) is 57.8 Å². The first-order valence-corrected chi connectivity index (χ1v) is 9.27. The summed E-state index contributed by atoms with van der Waals surface area (Å²) in [5.74, 6) is 0.297. The maximum absolute atomic E-state index is 12.3. The first-order chi connectivity index (χ1) is 12.2. The molecule has 0 saturated carbocycles. The van der Waals surface area contributed by atoms with Crippen LogP contribution in [0, 0.1) is 6.92 Å². The number of para-hydroxylation sites is 1. The van der Waals surface area contributed by atoms with Crippen LogP contribution in [0.25, 0.3) is 11.3 Å².